The minimum absolute atomic E-state index is 0. The Hall–Kier alpha value is -2.76. The maximum absolute atomic E-state index is 10.1. The molecule has 0 aliphatic rings. The van der Waals surface area contributed by atoms with Crippen molar-refractivity contribution in [1.82, 2.24) is 0 Å². The van der Waals surface area contributed by atoms with Gasteiger partial charge in [-0.3, -0.25) is 0 Å². The summed E-state index contributed by atoms with van der Waals surface area (Å²) < 4.78 is 9.69. The van der Waals surface area contributed by atoms with Crippen molar-refractivity contribution in [2.24, 2.45) is 0 Å². The third-order valence-electron chi connectivity index (χ3n) is 3.23. The van der Waals surface area contributed by atoms with Crippen LogP contribution in [-0.4, -0.2) is 85.1 Å². The maximum atomic E-state index is 10.1. The number of hydrogen-bond donors (Lipinski definition) is 2. The van der Waals surface area contributed by atoms with Gasteiger partial charge in [0.25, 0.3) is 0 Å². The molecular formula is C20H22CaO10. The van der Waals surface area contributed by atoms with Gasteiger partial charge in [0, 0.05) is 0 Å². The number of methoxy groups -OCH3 is 2. The molecule has 0 aliphatic heterocycles. The van der Waals surface area contributed by atoms with Crippen molar-refractivity contribution in [2.75, 3.05) is 14.2 Å². The summed E-state index contributed by atoms with van der Waals surface area (Å²) in [5.74, 6) is -1.92. The van der Waals surface area contributed by atoms with Crippen LogP contribution in [-0.2, 0) is 9.59 Å². The molecule has 10 nitrogen and oxygen atoms in total. The Morgan fingerprint density at radius 1 is 0.774 bits per heavy atom. The van der Waals surface area contributed by atoms with E-state index in [4.69, 9.17) is 9.47 Å². The van der Waals surface area contributed by atoms with Gasteiger partial charge in [-0.1, -0.05) is 24.3 Å². The minimum atomic E-state index is -1.27. The molecule has 2 aromatic rings. The maximum Gasteiger partial charge on any atom is 2.00 e. The monoisotopic (exact) mass is 462 g/mol. The Morgan fingerprint density at radius 2 is 1.10 bits per heavy atom. The normalized spacial score (nSPS) is 9.35. The average molecular weight is 462 g/mol. The first kappa shape index (κ1) is 32.9. The van der Waals surface area contributed by atoms with Crippen LogP contribution in [0, 0.1) is 0 Å². The van der Waals surface area contributed by atoms with E-state index in [0.717, 1.165) is 12.2 Å². The van der Waals surface area contributed by atoms with Crippen molar-refractivity contribution in [2.45, 2.75) is 0 Å². The van der Waals surface area contributed by atoms with Gasteiger partial charge in [-0.15, -0.1) is 0 Å². The predicted molar refractivity (Wildman–Crippen MR) is 110 cm³/mol. The molecule has 0 saturated carbocycles. The smallest absolute Gasteiger partial charge is 0.545 e. The SMILES string of the molecule is COc1cc(/C=C/C(=O)[O-])ccc1O.COc1cc(/C=C/C(=O)[O-])ccc1O.O.O.[Ca+2]. The number of aromatic hydroxyl groups is 2. The molecule has 0 radical (unpaired) electrons. The first-order chi connectivity index (χ1) is 13.3. The average Bonchev–Trinajstić information content (AvgIpc) is 2.67. The Labute approximate surface area is 208 Å². The van der Waals surface area contributed by atoms with Crippen LogP contribution in [0.2, 0.25) is 0 Å². The van der Waals surface area contributed by atoms with Crippen LogP contribution in [0.15, 0.2) is 48.6 Å². The van der Waals surface area contributed by atoms with E-state index in [1.54, 1.807) is 12.1 Å². The van der Waals surface area contributed by atoms with E-state index in [2.05, 4.69) is 0 Å². The number of ether oxygens (including phenoxy) is 2. The van der Waals surface area contributed by atoms with E-state index in [9.17, 15) is 30.0 Å². The topological polar surface area (TPSA) is 202 Å². The minimum Gasteiger partial charge on any atom is -0.545 e. The molecule has 2 rings (SSSR count). The van der Waals surface area contributed by atoms with Crippen LogP contribution in [0.5, 0.6) is 23.0 Å². The van der Waals surface area contributed by atoms with Crippen LogP contribution in [0.3, 0.4) is 0 Å². The number of carboxylic acids is 2. The molecule has 0 spiro atoms. The molecule has 0 fully saturated rings. The summed E-state index contributed by atoms with van der Waals surface area (Å²) in [6.07, 6.45) is 4.53. The van der Waals surface area contributed by atoms with E-state index < -0.39 is 11.9 Å². The van der Waals surface area contributed by atoms with Gasteiger partial charge < -0.3 is 50.4 Å². The van der Waals surface area contributed by atoms with Crippen molar-refractivity contribution in [3.05, 3.63) is 59.7 Å². The molecule has 0 unspecified atom stereocenters. The van der Waals surface area contributed by atoms with E-state index >= 15 is 0 Å². The predicted octanol–water partition coefficient (Wildman–Crippen LogP) is -1.70. The number of hydrogen-bond acceptors (Lipinski definition) is 8. The summed E-state index contributed by atoms with van der Waals surface area (Å²) in [5, 5.41) is 38.7. The van der Waals surface area contributed by atoms with E-state index in [-0.39, 0.29) is 60.2 Å². The number of carbonyl (C=O) groups excluding carboxylic acids is 2. The van der Waals surface area contributed by atoms with Crippen molar-refractivity contribution in [3.8, 4) is 23.0 Å². The van der Waals surface area contributed by atoms with Gasteiger partial charge in [-0.05, 0) is 47.5 Å². The third kappa shape index (κ3) is 12.5. The van der Waals surface area contributed by atoms with E-state index in [0.29, 0.717) is 22.6 Å². The molecule has 0 amide bonds. The van der Waals surface area contributed by atoms with Crippen LogP contribution >= 0.6 is 0 Å². The number of carboxylic acid groups (broad SMARTS) is 2. The first-order valence-electron chi connectivity index (χ1n) is 7.79. The summed E-state index contributed by atoms with van der Waals surface area (Å²) >= 11 is 0. The fourth-order valence-corrected chi connectivity index (χ4v) is 1.92. The second-order valence-electron chi connectivity index (χ2n) is 5.17. The van der Waals surface area contributed by atoms with Gasteiger partial charge in [0.15, 0.2) is 23.0 Å². The largest absolute Gasteiger partial charge is 2.00 e. The Bertz CT molecular complexity index is 820. The second kappa shape index (κ2) is 17.0. The fraction of sp³-hybridized carbons (Fsp3) is 0.100. The third-order valence-corrected chi connectivity index (χ3v) is 3.23. The molecule has 0 saturated heterocycles. The molecule has 0 aliphatic carbocycles. The van der Waals surface area contributed by atoms with Crippen LogP contribution < -0.4 is 19.7 Å². The van der Waals surface area contributed by atoms with Gasteiger partial charge in [0.2, 0.25) is 0 Å². The van der Waals surface area contributed by atoms with Crippen LogP contribution in [0.25, 0.3) is 12.2 Å². The molecule has 11 heteroatoms. The zero-order valence-electron chi connectivity index (χ0n) is 16.8. The summed E-state index contributed by atoms with van der Waals surface area (Å²) in [5.41, 5.74) is 1.23. The summed E-state index contributed by atoms with van der Waals surface area (Å²) in [6.45, 7) is 0. The number of phenols is 2. The zero-order chi connectivity index (χ0) is 21.1. The van der Waals surface area contributed by atoms with Gasteiger partial charge >= 0.3 is 37.7 Å². The summed E-state index contributed by atoms with van der Waals surface area (Å²) in [7, 11) is 2.84. The molecule has 2 aromatic carbocycles. The number of phenolic OH excluding ortho intramolecular Hbond substituents is 2. The van der Waals surface area contributed by atoms with Gasteiger partial charge in [0.1, 0.15) is 0 Å². The quantitative estimate of drug-likeness (QED) is 0.373. The van der Waals surface area contributed by atoms with Crippen LogP contribution in [0.1, 0.15) is 11.1 Å². The molecule has 0 heterocycles. The number of rotatable bonds is 6. The molecule has 0 aromatic heterocycles. The summed E-state index contributed by atoms with van der Waals surface area (Å²) in [4.78, 5) is 20.2. The Morgan fingerprint density at radius 3 is 1.35 bits per heavy atom. The standard InChI is InChI=1S/2C10H10O4.Ca.2H2O/c2*1-14-9-6-7(2-4-8(9)11)3-5-10(12)13;;;/h2*2-6,11H,1H3,(H,12,13);;2*1H2/q;;+2;;/p-2/b2*5-3+;;;. The number of benzene rings is 2. The van der Waals surface area contributed by atoms with Gasteiger partial charge in [0.05, 0.1) is 26.2 Å². The second-order valence-corrected chi connectivity index (χ2v) is 5.17. The van der Waals surface area contributed by atoms with Gasteiger partial charge in [-0.25, -0.2) is 0 Å². The Kier molecular flexibility index (Phi) is 18.0. The first-order valence-corrected chi connectivity index (χ1v) is 7.79. The molecule has 6 N–H and O–H groups in total. The number of aliphatic carboxylic acids is 2. The summed E-state index contributed by atoms with van der Waals surface area (Å²) in [6, 6.07) is 9.03. The van der Waals surface area contributed by atoms with E-state index in [1.165, 1.54) is 50.6 Å². The van der Waals surface area contributed by atoms with Crippen molar-refractivity contribution >= 4 is 61.8 Å². The number of carbonyl (C=O) groups is 2. The molecule has 31 heavy (non-hydrogen) atoms. The van der Waals surface area contributed by atoms with Crippen molar-refractivity contribution < 1.29 is 50.4 Å². The molecule has 0 bridgehead atoms. The fourth-order valence-electron chi connectivity index (χ4n) is 1.92. The molecular weight excluding hydrogens is 440 g/mol. The van der Waals surface area contributed by atoms with Crippen molar-refractivity contribution in [3.63, 3.8) is 0 Å². The molecule has 164 valence electrons. The van der Waals surface area contributed by atoms with E-state index in [1.807, 2.05) is 0 Å². The zero-order valence-corrected chi connectivity index (χ0v) is 19.0. The van der Waals surface area contributed by atoms with Crippen molar-refractivity contribution in [1.29, 1.82) is 0 Å². The Balaban J connectivity index is -0.000000461. The van der Waals surface area contributed by atoms with Crippen LogP contribution in [0.4, 0.5) is 0 Å². The molecule has 0 atom stereocenters. The van der Waals surface area contributed by atoms with Gasteiger partial charge in [-0.2, -0.15) is 0 Å².